The van der Waals surface area contributed by atoms with Crippen molar-refractivity contribution in [3.63, 3.8) is 0 Å². The van der Waals surface area contributed by atoms with Crippen molar-refractivity contribution in [2.45, 2.75) is 32.8 Å². The molecule has 106 valence electrons. The molecule has 0 aliphatic heterocycles. The highest BCUT2D eigenvalue weighted by Gasteiger charge is 2.07. The number of likely N-dealkylation sites (N-methyl/N-ethyl adjacent to an activating group) is 1. The number of carbonyl (C=O) groups is 1. The smallest absolute Gasteiger partial charge is 0.238 e. The van der Waals surface area contributed by atoms with Crippen LogP contribution < -0.4 is 5.32 Å². The lowest BCUT2D eigenvalue weighted by Gasteiger charge is -2.17. The number of aliphatic hydroxyl groups is 1. The number of nitrogens with one attached hydrogen (secondary N) is 1. The predicted molar refractivity (Wildman–Crippen MR) is 78.2 cm³/mol. The van der Waals surface area contributed by atoms with E-state index in [0.717, 1.165) is 12.1 Å². The molecule has 4 nitrogen and oxygen atoms in total. The molecule has 0 saturated heterocycles. The molecule has 0 heterocycles. The van der Waals surface area contributed by atoms with Crippen LogP contribution in [0.25, 0.3) is 0 Å². The molecule has 0 aliphatic rings. The van der Waals surface area contributed by atoms with Crippen LogP contribution >= 0.6 is 0 Å². The van der Waals surface area contributed by atoms with Gasteiger partial charge < -0.3 is 10.4 Å². The number of anilines is 1. The van der Waals surface area contributed by atoms with Crippen LogP contribution in [0.2, 0.25) is 0 Å². The summed E-state index contributed by atoms with van der Waals surface area (Å²) < 4.78 is 0. The van der Waals surface area contributed by atoms with Crippen LogP contribution in [0.1, 0.15) is 25.8 Å². The van der Waals surface area contributed by atoms with E-state index in [9.17, 15) is 9.90 Å². The van der Waals surface area contributed by atoms with Crippen LogP contribution in [0.4, 0.5) is 5.69 Å². The highest BCUT2D eigenvalue weighted by molar-refractivity contribution is 5.92. The topological polar surface area (TPSA) is 52.6 Å². The summed E-state index contributed by atoms with van der Waals surface area (Å²) in [5, 5.41) is 12.1. The summed E-state index contributed by atoms with van der Waals surface area (Å²) in [6, 6.07) is 7.89. The molecule has 2 N–H and O–H groups in total. The second kappa shape index (κ2) is 7.92. The quantitative estimate of drug-likeness (QED) is 0.790. The van der Waals surface area contributed by atoms with Crippen molar-refractivity contribution in [1.82, 2.24) is 4.90 Å². The van der Waals surface area contributed by atoms with E-state index in [1.165, 1.54) is 5.56 Å². The molecule has 1 aromatic rings. The molecule has 0 radical (unpaired) electrons. The van der Waals surface area contributed by atoms with Crippen molar-refractivity contribution < 1.29 is 9.90 Å². The molecule has 1 unspecified atom stereocenters. The third kappa shape index (κ3) is 6.36. The van der Waals surface area contributed by atoms with Crippen molar-refractivity contribution in [1.29, 1.82) is 0 Å². The van der Waals surface area contributed by atoms with Crippen LogP contribution in [0.15, 0.2) is 24.3 Å². The van der Waals surface area contributed by atoms with E-state index < -0.39 is 0 Å². The van der Waals surface area contributed by atoms with Gasteiger partial charge in [-0.15, -0.1) is 0 Å². The summed E-state index contributed by atoms with van der Waals surface area (Å²) in [6.07, 6.45) is 1.35. The molecule has 0 fully saturated rings. The maximum Gasteiger partial charge on any atom is 0.238 e. The summed E-state index contributed by atoms with van der Waals surface area (Å²) in [4.78, 5) is 13.7. The van der Waals surface area contributed by atoms with Gasteiger partial charge in [0.2, 0.25) is 5.91 Å². The highest BCUT2D eigenvalue weighted by Crippen LogP contribution is 2.09. The zero-order valence-corrected chi connectivity index (χ0v) is 12.0. The van der Waals surface area contributed by atoms with Gasteiger partial charge in [0, 0.05) is 12.2 Å². The molecule has 1 amide bonds. The molecule has 1 aromatic carbocycles. The standard InChI is InChI=1S/C15H24N2O2/c1-4-13-5-7-14(8-6-13)16-15(19)11-17(3)10-9-12(2)18/h5-8,12,18H,4,9-11H2,1-3H3,(H,16,19). The third-order valence-corrected chi connectivity index (χ3v) is 2.99. The van der Waals surface area contributed by atoms with E-state index in [1.54, 1.807) is 6.92 Å². The van der Waals surface area contributed by atoms with Crippen LogP contribution in [-0.4, -0.2) is 42.2 Å². The molecule has 0 aromatic heterocycles. The minimum atomic E-state index is -0.327. The van der Waals surface area contributed by atoms with Crippen molar-refractivity contribution in [3.05, 3.63) is 29.8 Å². The highest BCUT2D eigenvalue weighted by atomic mass is 16.3. The number of amides is 1. The average molecular weight is 264 g/mol. The van der Waals surface area contributed by atoms with Gasteiger partial charge in [0.15, 0.2) is 0 Å². The van der Waals surface area contributed by atoms with Gasteiger partial charge in [-0.25, -0.2) is 0 Å². The molecule has 1 atom stereocenters. The SMILES string of the molecule is CCc1ccc(NC(=O)CN(C)CCC(C)O)cc1. The average Bonchev–Trinajstić information content (AvgIpc) is 2.37. The Balaban J connectivity index is 2.37. The van der Waals surface area contributed by atoms with Crippen molar-refractivity contribution in [3.8, 4) is 0 Å². The van der Waals surface area contributed by atoms with Crippen molar-refractivity contribution >= 4 is 11.6 Å². The molecule has 4 heteroatoms. The zero-order valence-electron chi connectivity index (χ0n) is 12.0. The van der Waals surface area contributed by atoms with Gasteiger partial charge in [0.25, 0.3) is 0 Å². The van der Waals surface area contributed by atoms with Gasteiger partial charge in [0.05, 0.1) is 12.6 Å². The van der Waals surface area contributed by atoms with Crippen LogP contribution in [0, 0.1) is 0 Å². The number of rotatable bonds is 7. The van der Waals surface area contributed by atoms with Gasteiger partial charge in [-0.3, -0.25) is 9.69 Å². The second-order valence-corrected chi connectivity index (χ2v) is 4.97. The lowest BCUT2D eigenvalue weighted by Crippen LogP contribution is -2.32. The maximum absolute atomic E-state index is 11.8. The van der Waals surface area contributed by atoms with E-state index in [-0.39, 0.29) is 12.0 Å². The first-order valence-electron chi connectivity index (χ1n) is 6.76. The Labute approximate surface area is 115 Å². The Morgan fingerprint density at radius 3 is 2.53 bits per heavy atom. The minimum absolute atomic E-state index is 0.0302. The van der Waals surface area contributed by atoms with Crippen LogP contribution in [0.3, 0.4) is 0 Å². The number of nitrogens with zero attached hydrogens (tertiary/aromatic N) is 1. The molecule has 0 bridgehead atoms. The molecule has 0 saturated carbocycles. The maximum atomic E-state index is 11.8. The molecule has 0 spiro atoms. The van der Waals surface area contributed by atoms with E-state index in [2.05, 4.69) is 12.2 Å². The molecule has 19 heavy (non-hydrogen) atoms. The van der Waals surface area contributed by atoms with Crippen molar-refractivity contribution in [2.75, 3.05) is 25.5 Å². The Hall–Kier alpha value is -1.39. The van der Waals surface area contributed by atoms with Gasteiger partial charge in [-0.1, -0.05) is 19.1 Å². The number of aryl methyl sites for hydroxylation is 1. The first kappa shape index (κ1) is 15.7. The number of hydrogen-bond acceptors (Lipinski definition) is 3. The predicted octanol–water partition coefficient (Wildman–Crippen LogP) is 1.89. The zero-order chi connectivity index (χ0) is 14.3. The summed E-state index contributed by atoms with van der Waals surface area (Å²) in [7, 11) is 1.88. The number of carbonyl (C=O) groups excluding carboxylic acids is 1. The second-order valence-electron chi connectivity index (χ2n) is 4.97. The summed E-state index contributed by atoms with van der Waals surface area (Å²) in [5.41, 5.74) is 2.08. The fourth-order valence-electron chi connectivity index (χ4n) is 1.76. The molecular formula is C15H24N2O2. The minimum Gasteiger partial charge on any atom is -0.393 e. The normalized spacial score (nSPS) is 12.5. The number of aliphatic hydroxyl groups excluding tert-OH is 1. The van der Waals surface area contributed by atoms with E-state index >= 15 is 0 Å². The Morgan fingerprint density at radius 1 is 1.37 bits per heavy atom. The largest absolute Gasteiger partial charge is 0.393 e. The van der Waals surface area contributed by atoms with E-state index in [0.29, 0.717) is 19.5 Å². The molecule has 0 aliphatic carbocycles. The van der Waals surface area contributed by atoms with E-state index in [1.807, 2.05) is 36.2 Å². The van der Waals surface area contributed by atoms with Crippen LogP contribution in [0.5, 0.6) is 0 Å². The lowest BCUT2D eigenvalue weighted by atomic mass is 10.1. The first-order valence-corrected chi connectivity index (χ1v) is 6.76. The van der Waals surface area contributed by atoms with Gasteiger partial charge in [-0.05, 0) is 44.5 Å². The van der Waals surface area contributed by atoms with Crippen LogP contribution in [-0.2, 0) is 11.2 Å². The summed E-state index contributed by atoms with van der Waals surface area (Å²) >= 11 is 0. The Bertz CT molecular complexity index is 388. The van der Waals surface area contributed by atoms with Gasteiger partial charge in [-0.2, -0.15) is 0 Å². The Morgan fingerprint density at radius 2 is 2.00 bits per heavy atom. The monoisotopic (exact) mass is 264 g/mol. The third-order valence-electron chi connectivity index (χ3n) is 2.99. The number of hydrogen-bond donors (Lipinski definition) is 2. The van der Waals surface area contributed by atoms with Gasteiger partial charge >= 0.3 is 0 Å². The number of benzene rings is 1. The van der Waals surface area contributed by atoms with Gasteiger partial charge in [0.1, 0.15) is 0 Å². The van der Waals surface area contributed by atoms with Crippen molar-refractivity contribution in [2.24, 2.45) is 0 Å². The molecular weight excluding hydrogens is 240 g/mol. The first-order chi connectivity index (χ1) is 9.01. The van der Waals surface area contributed by atoms with E-state index in [4.69, 9.17) is 0 Å². The summed E-state index contributed by atoms with van der Waals surface area (Å²) in [5.74, 6) is -0.0302. The fourth-order valence-corrected chi connectivity index (χ4v) is 1.76. The summed E-state index contributed by atoms with van der Waals surface area (Å²) in [6.45, 7) is 4.90. The molecule has 1 rings (SSSR count). The Kier molecular flexibility index (Phi) is 6.53. The fraction of sp³-hybridized carbons (Fsp3) is 0.533. The lowest BCUT2D eigenvalue weighted by molar-refractivity contribution is -0.117.